The Morgan fingerprint density at radius 3 is 2.38 bits per heavy atom. The van der Waals surface area contributed by atoms with Gasteiger partial charge in [-0.2, -0.15) is 0 Å². The van der Waals surface area contributed by atoms with E-state index in [-0.39, 0.29) is 5.56 Å². The van der Waals surface area contributed by atoms with Gasteiger partial charge in [0.1, 0.15) is 0 Å². The molecular weight excluding hydrogens is 324 g/mol. The van der Waals surface area contributed by atoms with Crippen LogP contribution in [-0.2, 0) is 0 Å². The van der Waals surface area contributed by atoms with Gasteiger partial charge in [-0.1, -0.05) is 48.5 Å². The number of hydrogen-bond acceptors (Lipinski definition) is 3. The molecule has 4 heteroatoms. The first-order valence-corrected chi connectivity index (χ1v) is 8.37. The highest BCUT2D eigenvalue weighted by Gasteiger charge is 2.17. The third kappa shape index (κ3) is 2.16. The predicted octanol–water partition coefficient (Wildman–Crippen LogP) is 4.80. The molecule has 5 rings (SSSR count). The summed E-state index contributed by atoms with van der Waals surface area (Å²) in [6, 6.07) is 24.9. The molecule has 0 aliphatic carbocycles. The van der Waals surface area contributed by atoms with E-state index in [1.807, 2.05) is 66.7 Å². The lowest BCUT2D eigenvalue weighted by molar-refractivity contribution is 0.574. The molecule has 0 unspecified atom stereocenters. The maximum atomic E-state index is 13.4. The van der Waals surface area contributed by atoms with Gasteiger partial charge in [-0.25, -0.2) is 4.98 Å². The van der Waals surface area contributed by atoms with Gasteiger partial charge >= 0.3 is 0 Å². The molecule has 0 saturated heterocycles. The second-order valence-electron chi connectivity index (χ2n) is 6.07. The number of benzene rings is 3. The molecule has 26 heavy (non-hydrogen) atoms. The molecule has 0 N–H and O–H groups in total. The molecule has 3 aromatic carbocycles. The molecule has 0 aliphatic heterocycles. The van der Waals surface area contributed by atoms with Crippen molar-refractivity contribution in [1.29, 1.82) is 0 Å². The van der Waals surface area contributed by atoms with Crippen LogP contribution in [0.1, 0.15) is 0 Å². The Bertz CT molecular complexity index is 1300. The van der Waals surface area contributed by atoms with Crippen molar-refractivity contribution in [2.75, 3.05) is 0 Å². The summed E-state index contributed by atoms with van der Waals surface area (Å²) in [5, 5.41) is 2.63. The van der Waals surface area contributed by atoms with Crippen molar-refractivity contribution in [3.8, 4) is 17.3 Å². The highest BCUT2D eigenvalue weighted by molar-refractivity contribution is 5.91. The summed E-state index contributed by atoms with van der Waals surface area (Å²) in [7, 11) is 0. The predicted molar refractivity (Wildman–Crippen MR) is 103 cm³/mol. The highest BCUT2D eigenvalue weighted by atomic mass is 16.3. The van der Waals surface area contributed by atoms with Gasteiger partial charge in [-0.05, 0) is 35.7 Å². The van der Waals surface area contributed by atoms with Gasteiger partial charge in [0.2, 0.25) is 0 Å². The minimum absolute atomic E-state index is 0.113. The molecule has 0 atom stereocenters. The van der Waals surface area contributed by atoms with Gasteiger partial charge in [0.15, 0.2) is 11.6 Å². The van der Waals surface area contributed by atoms with Crippen molar-refractivity contribution in [2.45, 2.75) is 0 Å². The lowest BCUT2D eigenvalue weighted by Crippen LogP contribution is -2.22. The van der Waals surface area contributed by atoms with Gasteiger partial charge < -0.3 is 4.42 Å². The van der Waals surface area contributed by atoms with Crippen LogP contribution >= 0.6 is 0 Å². The average molecular weight is 338 g/mol. The normalized spacial score (nSPS) is 11.2. The first-order valence-electron chi connectivity index (χ1n) is 8.37. The van der Waals surface area contributed by atoms with E-state index in [1.54, 1.807) is 23.0 Å². The monoisotopic (exact) mass is 338 g/mol. The van der Waals surface area contributed by atoms with Gasteiger partial charge in [0.05, 0.1) is 22.9 Å². The largest absolute Gasteiger partial charge is 0.461 e. The zero-order chi connectivity index (χ0) is 17.5. The second-order valence-corrected chi connectivity index (χ2v) is 6.07. The highest BCUT2D eigenvalue weighted by Crippen LogP contribution is 2.27. The molecule has 124 valence electrons. The first-order chi connectivity index (χ1) is 12.8. The van der Waals surface area contributed by atoms with Crippen LogP contribution in [-0.4, -0.2) is 9.55 Å². The van der Waals surface area contributed by atoms with E-state index in [1.165, 1.54) is 0 Å². The Kier molecular flexibility index (Phi) is 3.22. The fourth-order valence-corrected chi connectivity index (χ4v) is 3.33. The molecule has 5 aromatic rings. The summed E-state index contributed by atoms with van der Waals surface area (Å²) in [5.74, 6) is 1.05. The third-order valence-corrected chi connectivity index (χ3v) is 4.52. The Labute approximate surface area is 149 Å². The second kappa shape index (κ2) is 5.70. The summed E-state index contributed by atoms with van der Waals surface area (Å²) in [6.07, 6.45) is 1.59. The number of para-hydroxylation sites is 1. The minimum Gasteiger partial charge on any atom is -0.461 e. The molecule has 4 nitrogen and oxygen atoms in total. The van der Waals surface area contributed by atoms with Crippen LogP contribution in [0.15, 0.2) is 94.3 Å². The van der Waals surface area contributed by atoms with Gasteiger partial charge in [-0.3, -0.25) is 9.36 Å². The third-order valence-electron chi connectivity index (χ3n) is 4.52. The van der Waals surface area contributed by atoms with Crippen LogP contribution in [0.4, 0.5) is 0 Å². The standard InChI is InChI=1S/C22H14N2O2/c25-22-17-10-3-4-11-18(17)23-21(20-13-6-14-26-20)24(22)19-12-5-8-15-7-1-2-9-16(15)19/h1-14H. The number of hydrogen-bond donors (Lipinski definition) is 0. The van der Waals surface area contributed by atoms with Crippen molar-refractivity contribution in [1.82, 2.24) is 9.55 Å². The Balaban J connectivity index is 1.97. The van der Waals surface area contributed by atoms with Crippen molar-refractivity contribution in [3.63, 3.8) is 0 Å². The zero-order valence-corrected chi connectivity index (χ0v) is 13.8. The summed E-state index contributed by atoms with van der Waals surface area (Å²) in [5.41, 5.74) is 1.33. The Morgan fingerprint density at radius 1 is 0.769 bits per heavy atom. The minimum atomic E-state index is -0.113. The van der Waals surface area contributed by atoms with E-state index in [0.29, 0.717) is 22.5 Å². The molecule has 0 bridgehead atoms. The SMILES string of the molecule is O=c1c2ccccc2nc(-c2ccco2)n1-c1cccc2ccccc12. The van der Waals surface area contributed by atoms with Crippen molar-refractivity contribution in [2.24, 2.45) is 0 Å². The Morgan fingerprint density at radius 2 is 1.54 bits per heavy atom. The van der Waals surface area contributed by atoms with E-state index >= 15 is 0 Å². The molecular formula is C22H14N2O2. The first kappa shape index (κ1) is 14.7. The lowest BCUT2D eigenvalue weighted by Gasteiger charge is -2.14. The van der Waals surface area contributed by atoms with Crippen LogP contribution in [0, 0.1) is 0 Å². The van der Waals surface area contributed by atoms with Crippen molar-refractivity contribution >= 4 is 21.7 Å². The fourth-order valence-electron chi connectivity index (χ4n) is 3.33. The van der Waals surface area contributed by atoms with Crippen LogP contribution in [0.2, 0.25) is 0 Å². The smallest absolute Gasteiger partial charge is 0.266 e. The molecule has 2 heterocycles. The average Bonchev–Trinajstić information content (AvgIpc) is 3.22. The topological polar surface area (TPSA) is 48.0 Å². The Hall–Kier alpha value is -3.66. The number of rotatable bonds is 2. The maximum absolute atomic E-state index is 13.4. The number of fused-ring (bicyclic) bond motifs is 2. The quantitative estimate of drug-likeness (QED) is 0.464. The molecule has 0 radical (unpaired) electrons. The molecule has 0 spiro atoms. The van der Waals surface area contributed by atoms with Crippen LogP contribution in [0.25, 0.3) is 38.9 Å². The summed E-state index contributed by atoms with van der Waals surface area (Å²) < 4.78 is 7.22. The van der Waals surface area contributed by atoms with Crippen molar-refractivity contribution < 1.29 is 4.42 Å². The molecule has 0 saturated carbocycles. The van der Waals surface area contributed by atoms with E-state index in [9.17, 15) is 4.79 Å². The van der Waals surface area contributed by atoms with E-state index in [0.717, 1.165) is 16.5 Å². The van der Waals surface area contributed by atoms with E-state index in [2.05, 4.69) is 0 Å². The fraction of sp³-hybridized carbons (Fsp3) is 0. The number of furan rings is 1. The molecule has 0 amide bonds. The van der Waals surface area contributed by atoms with E-state index in [4.69, 9.17) is 9.40 Å². The van der Waals surface area contributed by atoms with Gasteiger partial charge in [-0.15, -0.1) is 0 Å². The number of nitrogens with zero attached hydrogens (tertiary/aromatic N) is 2. The van der Waals surface area contributed by atoms with Crippen LogP contribution in [0.3, 0.4) is 0 Å². The lowest BCUT2D eigenvalue weighted by atomic mass is 10.1. The molecule has 0 fully saturated rings. The molecule has 0 aliphatic rings. The number of aromatic nitrogens is 2. The maximum Gasteiger partial charge on any atom is 0.266 e. The zero-order valence-electron chi connectivity index (χ0n) is 13.8. The van der Waals surface area contributed by atoms with E-state index < -0.39 is 0 Å². The van der Waals surface area contributed by atoms with Crippen LogP contribution < -0.4 is 5.56 Å². The summed E-state index contributed by atoms with van der Waals surface area (Å²) in [6.45, 7) is 0. The van der Waals surface area contributed by atoms with Gasteiger partial charge in [0.25, 0.3) is 5.56 Å². The van der Waals surface area contributed by atoms with Gasteiger partial charge in [0, 0.05) is 5.39 Å². The molecule has 2 aromatic heterocycles. The summed E-state index contributed by atoms with van der Waals surface area (Å²) >= 11 is 0. The van der Waals surface area contributed by atoms with Crippen molar-refractivity contribution in [3.05, 3.63) is 95.5 Å². The van der Waals surface area contributed by atoms with Crippen LogP contribution in [0.5, 0.6) is 0 Å². The summed E-state index contributed by atoms with van der Waals surface area (Å²) in [4.78, 5) is 18.1.